The molecule has 7 heteroatoms. The third-order valence-electron chi connectivity index (χ3n) is 3.35. The van der Waals surface area contributed by atoms with Gasteiger partial charge in [0.25, 0.3) is 0 Å². The second-order valence-electron chi connectivity index (χ2n) is 5.48. The molecule has 22 heavy (non-hydrogen) atoms. The standard InChI is InChI=1S/C15H23N5O2/c1-12(11-20-8-5-7-17-20)18-15(21)16-10-13(19(2)3)14-6-4-9-22-14/h4-9,12-13H,10-11H2,1-3H3,(H2,16,18,21)/t12-,13-/m1/s1. The van der Waals surface area contributed by atoms with E-state index < -0.39 is 0 Å². The van der Waals surface area contributed by atoms with Gasteiger partial charge in [-0.15, -0.1) is 0 Å². The second-order valence-corrected chi connectivity index (χ2v) is 5.48. The largest absolute Gasteiger partial charge is 0.468 e. The summed E-state index contributed by atoms with van der Waals surface area (Å²) in [6.07, 6.45) is 5.23. The van der Waals surface area contributed by atoms with E-state index in [1.807, 2.05) is 50.3 Å². The van der Waals surface area contributed by atoms with E-state index >= 15 is 0 Å². The summed E-state index contributed by atoms with van der Waals surface area (Å²) >= 11 is 0. The molecule has 0 unspecified atom stereocenters. The fourth-order valence-corrected chi connectivity index (χ4v) is 2.22. The lowest BCUT2D eigenvalue weighted by atomic mass is 10.2. The maximum absolute atomic E-state index is 12.0. The Balaban J connectivity index is 1.78. The summed E-state index contributed by atoms with van der Waals surface area (Å²) in [6, 6.07) is 5.40. The number of furan rings is 1. The highest BCUT2D eigenvalue weighted by Crippen LogP contribution is 2.17. The fourth-order valence-electron chi connectivity index (χ4n) is 2.22. The van der Waals surface area contributed by atoms with E-state index in [1.54, 1.807) is 17.1 Å². The number of nitrogens with one attached hydrogen (secondary N) is 2. The van der Waals surface area contributed by atoms with Crippen LogP contribution in [-0.2, 0) is 6.54 Å². The summed E-state index contributed by atoms with van der Waals surface area (Å²) in [6.45, 7) is 3.05. The zero-order valence-electron chi connectivity index (χ0n) is 13.2. The molecular weight excluding hydrogens is 282 g/mol. The van der Waals surface area contributed by atoms with Crippen molar-refractivity contribution in [3.8, 4) is 0 Å². The van der Waals surface area contributed by atoms with Gasteiger partial charge in [-0.3, -0.25) is 9.58 Å². The Bertz CT molecular complexity index is 551. The molecule has 2 rings (SSSR count). The van der Waals surface area contributed by atoms with Gasteiger partial charge in [0.2, 0.25) is 0 Å². The first-order valence-electron chi connectivity index (χ1n) is 7.28. The quantitative estimate of drug-likeness (QED) is 0.812. The SMILES string of the molecule is C[C@H](Cn1cccn1)NC(=O)NC[C@H](c1ccco1)N(C)C. The molecule has 0 aliphatic rings. The number of nitrogens with zero attached hydrogens (tertiary/aromatic N) is 3. The van der Waals surface area contributed by atoms with Crippen LogP contribution in [0.4, 0.5) is 4.79 Å². The van der Waals surface area contributed by atoms with E-state index in [0.717, 1.165) is 5.76 Å². The van der Waals surface area contributed by atoms with E-state index in [2.05, 4.69) is 15.7 Å². The number of aromatic nitrogens is 2. The van der Waals surface area contributed by atoms with Gasteiger partial charge in [-0.25, -0.2) is 4.79 Å². The molecule has 0 bridgehead atoms. The van der Waals surface area contributed by atoms with Crippen LogP contribution < -0.4 is 10.6 Å². The van der Waals surface area contributed by atoms with Crippen molar-refractivity contribution in [1.29, 1.82) is 0 Å². The molecule has 2 amide bonds. The summed E-state index contributed by atoms with van der Waals surface area (Å²) in [5, 5.41) is 9.90. The van der Waals surface area contributed by atoms with E-state index in [0.29, 0.717) is 13.1 Å². The summed E-state index contributed by atoms with van der Waals surface area (Å²) in [5.74, 6) is 0.829. The van der Waals surface area contributed by atoms with Crippen molar-refractivity contribution in [2.75, 3.05) is 20.6 Å². The lowest BCUT2D eigenvalue weighted by Gasteiger charge is -2.23. The fraction of sp³-hybridized carbons (Fsp3) is 0.467. The normalized spacial score (nSPS) is 13.8. The zero-order chi connectivity index (χ0) is 15.9. The van der Waals surface area contributed by atoms with Crippen molar-refractivity contribution in [3.05, 3.63) is 42.6 Å². The smallest absolute Gasteiger partial charge is 0.315 e. The molecule has 0 spiro atoms. The van der Waals surface area contributed by atoms with Gasteiger partial charge in [0.05, 0.1) is 18.8 Å². The van der Waals surface area contributed by atoms with Gasteiger partial charge in [-0.1, -0.05) is 0 Å². The van der Waals surface area contributed by atoms with Crippen LogP contribution in [0.1, 0.15) is 18.7 Å². The molecule has 0 fully saturated rings. The zero-order valence-corrected chi connectivity index (χ0v) is 13.2. The van der Waals surface area contributed by atoms with Crippen molar-refractivity contribution in [3.63, 3.8) is 0 Å². The lowest BCUT2D eigenvalue weighted by Crippen LogP contribution is -2.45. The Morgan fingerprint density at radius 3 is 2.86 bits per heavy atom. The van der Waals surface area contributed by atoms with Gasteiger partial charge in [-0.2, -0.15) is 5.10 Å². The molecule has 120 valence electrons. The Morgan fingerprint density at radius 2 is 2.27 bits per heavy atom. The number of amides is 2. The maximum Gasteiger partial charge on any atom is 0.315 e. The average Bonchev–Trinajstić information content (AvgIpc) is 3.11. The second kappa shape index (κ2) is 7.65. The van der Waals surface area contributed by atoms with Crippen LogP contribution >= 0.6 is 0 Å². The first-order valence-corrected chi connectivity index (χ1v) is 7.28. The van der Waals surface area contributed by atoms with Crippen molar-refractivity contribution in [1.82, 2.24) is 25.3 Å². The molecule has 2 aromatic heterocycles. The molecule has 2 atom stereocenters. The molecule has 0 aliphatic carbocycles. The topological polar surface area (TPSA) is 75.3 Å². The predicted molar refractivity (Wildman–Crippen MR) is 83.4 cm³/mol. The van der Waals surface area contributed by atoms with Gasteiger partial charge in [-0.05, 0) is 39.2 Å². The number of carbonyl (C=O) groups is 1. The number of likely N-dealkylation sites (N-methyl/N-ethyl adjacent to an activating group) is 1. The summed E-state index contributed by atoms with van der Waals surface area (Å²) < 4.78 is 7.20. The highest BCUT2D eigenvalue weighted by Gasteiger charge is 2.18. The number of rotatable bonds is 7. The van der Waals surface area contributed by atoms with E-state index in [4.69, 9.17) is 4.42 Å². The number of carbonyl (C=O) groups excluding carboxylic acids is 1. The Hall–Kier alpha value is -2.28. The molecule has 2 N–H and O–H groups in total. The van der Waals surface area contributed by atoms with E-state index in [-0.39, 0.29) is 18.1 Å². The Morgan fingerprint density at radius 1 is 1.45 bits per heavy atom. The number of urea groups is 1. The van der Waals surface area contributed by atoms with Crippen molar-refractivity contribution in [2.45, 2.75) is 25.6 Å². The van der Waals surface area contributed by atoms with Crippen LogP contribution in [0.3, 0.4) is 0 Å². The number of hydrogen-bond acceptors (Lipinski definition) is 4. The van der Waals surface area contributed by atoms with Gasteiger partial charge >= 0.3 is 6.03 Å². The first kappa shape index (κ1) is 16.1. The van der Waals surface area contributed by atoms with Crippen LogP contribution in [0.2, 0.25) is 0 Å². The minimum Gasteiger partial charge on any atom is -0.468 e. The van der Waals surface area contributed by atoms with Crippen LogP contribution in [0.5, 0.6) is 0 Å². The van der Waals surface area contributed by atoms with Gasteiger partial charge < -0.3 is 15.1 Å². The first-order chi connectivity index (χ1) is 10.6. The van der Waals surface area contributed by atoms with Gasteiger partial charge in [0.15, 0.2) is 0 Å². The lowest BCUT2D eigenvalue weighted by molar-refractivity contribution is 0.222. The minimum absolute atomic E-state index is 0.00201. The Kier molecular flexibility index (Phi) is 5.60. The van der Waals surface area contributed by atoms with Gasteiger partial charge in [0, 0.05) is 25.0 Å². The van der Waals surface area contributed by atoms with Crippen molar-refractivity contribution in [2.24, 2.45) is 0 Å². The molecule has 7 nitrogen and oxygen atoms in total. The van der Waals surface area contributed by atoms with Crippen molar-refractivity contribution < 1.29 is 9.21 Å². The molecule has 0 aliphatic heterocycles. The molecule has 2 heterocycles. The molecule has 0 radical (unpaired) electrons. The summed E-state index contributed by atoms with van der Waals surface area (Å²) in [5.41, 5.74) is 0. The minimum atomic E-state index is -0.196. The average molecular weight is 305 g/mol. The number of hydrogen-bond donors (Lipinski definition) is 2. The van der Waals surface area contributed by atoms with Crippen LogP contribution in [0.15, 0.2) is 41.3 Å². The highest BCUT2D eigenvalue weighted by atomic mass is 16.3. The third-order valence-corrected chi connectivity index (χ3v) is 3.35. The highest BCUT2D eigenvalue weighted by molar-refractivity contribution is 5.74. The van der Waals surface area contributed by atoms with Gasteiger partial charge in [0.1, 0.15) is 5.76 Å². The van der Waals surface area contributed by atoms with Crippen LogP contribution in [-0.4, -0.2) is 47.4 Å². The molecule has 0 saturated carbocycles. The molecular formula is C15H23N5O2. The molecule has 2 aromatic rings. The molecule has 0 aromatic carbocycles. The van der Waals surface area contributed by atoms with E-state index in [1.165, 1.54) is 0 Å². The van der Waals surface area contributed by atoms with Crippen LogP contribution in [0.25, 0.3) is 0 Å². The molecule has 0 saturated heterocycles. The maximum atomic E-state index is 12.0. The monoisotopic (exact) mass is 305 g/mol. The van der Waals surface area contributed by atoms with Crippen LogP contribution in [0, 0.1) is 0 Å². The Labute approximate surface area is 130 Å². The summed E-state index contributed by atoms with van der Waals surface area (Å²) in [4.78, 5) is 14.0. The van der Waals surface area contributed by atoms with E-state index in [9.17, 15) is 4.79 Å². The summed E-state index contributed by atoms with van der Waals surface area (Å²) in [7, 11) is 3.90. The third kappa shape index (κ3) is 4.63. The van der Waals surface area contributed by atoms with Crippen molar-refractivity contribution >= 4 is 6.03 Å². The predicted octanol–water partition coefficient (Wildman–Crippen LogP) is 1.47.